The number of benzene rings is 1. The van der Waals surface area contributed by atoms with E-state index in [1.807, 2.05) is 18.2 Å². The number of carbonyl (C=O) groups is 1. The molecule has 0 spiro atoms. The van der Waals surface area contributed by atoms with Crippen LogP contribution in [-0.2, 0) is 9.53 Å². The second kappa shape index (κ2) is 7.25. The van der Waals surface area contributed by atoms with E-state index in [1.165, 1.54) is 6.92 Å². The van der Waals surface area contributed by atoms with Crippen molar-refractivity contribution in [1.29, 1.82) is 0 Å². The van der Waals surface area contributed by atoms with Crippen LogP contribution in [0.1, 0.15) is 18.1 Å². The quantitative estimate of drug-likeness (QED) is 0.642. The van der Waals surface area contributed by atoms with Crippen LogP contribution in [0, 0.1) is 0 Å². The summed E-state index contributed by atoms with van der Waals surface area (Å²) in [5.41, 5.74) is 0.0320. The molecule has 0 heterocycles. The summed E-state index contributed by atoms with van der Waals surface area (Å²) in [6.07, 6.45) is -0.905. The summed E-state index contributed by atoms with van der Waals surface area (Å²) in [7, 11) is 0. The molecular formula is C10H12ClNaO3. The summed E-state index contributed by atoms with van der Waals surface area (Å²) in [4.78, 5) is 10.5. The SMILES string of the molecule is CC(OC(Cl)c1ccccc1)C(=O)O.[NaH]. The van der Waals surface area contributed by atoms with Crippen LogP contribution in [0.5, 0.6) is 0 Å². The molecule has 0 aliphatic rings. The molecule has 0 saturated heterocycles. The van der Waals surface area contributed by atoms with Crippen molar-refractivity contribution < 1.29 is 14.6 Å². The van der Waals surface area contributed by atoms with Gasteiger partial charge in [0.2, 0.25) is 0 Å². The molecule has 1 N–H and O–H groups in total. The van der Waals surface area contributed by atoms with Crippen molar-refractivity contribution in [2.45, 2.75) is 18.6 Å². The third-order valence-electron chi connectivity index (χ3n) is 1.73. The molecule has 0 aromatic heterocycles. The van der Waals surface area contributed by atoms with Gasteiger partial charge in [-0.1, -0.05) is 41.9 Å². The maximum absolute atomic E-state index is 10.5. The second-order valence-corrected chi connectivity index (χ2v) is 3.24. The maximum atomic E-state index is 10.5. The van der Waals surface area contributed by atoms with Crippen molar-refractivity contribution >= 4 is 47.1 Å². The summed E-state index contributed by atoms with van der Waals surface area (Å²) >= 11 is 5.86. The van der Waals surface area contributed by atoms with Gasteiger partial charge in [-0.25, -0.2) is 4.79 Å². The first-order valence-electron chi connectivity index (χ1n) is 4.18. The van der Waals surface area contributed by atoms with E-state index in [2.05, 4.69) is 0 Å². The van der Waals surface area contributed by atoms with E-state index in [4.69, 9.17) is 21.4 Å². The monoisotopic (exact) mass is 238 g/mol. The molecule has 5 heteroatoms. The van der Waals surface area contributed by atoms with Gasteiger partial charge in [-0.15, -0.1) is 0 Å². The first-order valence-corrected chi connectivity index (χ1v) is 4.62. The molecule has 0 bridgehead atoms. The van der Waals surface area contributed by atoms with Gasteiger partial charge in [-0.2, -0.15) is 0 Å². The number of rotatable bonds is 4. The molecule has 2 atom stereocenters. The van der Waals surface area contributed by atoms with Crippen molar-refractivity contribution in [1.82, 2.24) is 0 Å². The fourth-order valence-corrected chi connectivity index (χ4v) is 1.22. The zero-order valence-electron chi connectivity index (χ0n) is 7.68. The third kappa shape index (κ3) is 5.00. The van der Waals surface area contributed by atoms with Crippen molar-refractivity contribution in [2.75, 3.05) is 0 Å². The van der Waals surface area contributed by atoms with Crippen molar-refractivity contribution in [3.8, 4) is 0 Å². The number of carboxylic acids is 1. The molecule has 0 saturated carbocycles. The van der Waals surface area contributed by atoms with Crippen molar-refractivity contribution in [3.63, 3.8) is 0 Å². The molecule has 1 aromatic rings. The van der Waals surface area contributed by atoms with Gasteiger partial charge < -0.3 is 9.84 Å². The fourth-order valence-electron chi connectivity index (χ4n) is 0.920. The van der Waals surface area contributed by atoms with Crippen molar-refractivity contribution in [2.24, 2.45) is 0 Å². The minimum absolute atomic E-state index is 0. The Labute approximate surface area is 116 Å². The van der Waals surface area contributed by atoms with Crippen LogP contribution in [-0.4, -0.2) is 46.7 Å². The molecule has 1 aromatic carbocycles. The van der Waals surface area contributed by atoms with E-state index >= 15 is 0 Å². The van der Waals surface area contributed by atoms with Gasteiger partial charge in [-0.05, 0) is 12.5 Å². The number of aliphatic carboxylic acids is 1. The molecule has 0 amide bonds. The first kappa shape index (κ1) is 14.9. The molecule has 0 aliphatic carbocycles. The molecule has 1 rings (SSSR count). The van der Waals surface area contributed by atoms with Crippen LogP contribution in [0.2, 0.25) is 0 Å². The number of ether oxygens (including phenoxy) is 1. The molecule has 0 radical (unpaired) electrons. The van der Waals surface area contributed by atoms with Crippen LogP contribution >= 0.6 is 11.6 Å². The topological polar surface area (TPSA) is 46.5 Å². The Morgan fingerprint density at radius 1 is 1.40 bits per heavy atom. The summed E-state index contributed by atoms with van der Waals surface area (Å²) < 4.78 is 5.06. The Hall–Kier alpha value is -0.0600. The molecule has 0 aliphatic heterocycles. The molecule has 2 unspecified atom stereocenters. The average Bonchev–Trinajstić information content (AvgIpc) is 2.19. The van der Waals surface area contributed by atoms with Gasteiger partial charge in [0.15, 0.2) is 11.7 Å². The molecule has 15 heavy (non-hydrogen) atoms. The number of hydrogen-bond donors (Lipinski definition) is 1. The molecule has 0 fully saturated rings. The van der Waals surface area contributed by atoms with Crippen LogP contribution < -0.4 is 0 Å². The number of carboxylic acid groups (broad SMARTS) is 1. The molecule has 78 valence electrons. The normalized spacial score (nSPS) is 13.7. The van der Waals surface area contributed by atoms with Gasteiger partial charge in [0.25, 0.3) is 0 Å². The standard InChI is InChI=1S/C10H11ClO3.Na.H/c1-7(10(12)13)14-9(11)8-5-3-2-4-6-8;;/h2-7,9H,1H3,(H,12,13);;. The van der Waals surface area contributed by atoms with E-state index in [0.29, 0.717) is 0 Å². The Kier molecular flexibility index (Phi) is 7.22. The van der Waals surface area contributed by atoms with E-state index < -0.39 is 17.6 Å². The van der Waals surface area contributed by atoms with E-state index in [-0.39, 0.29) is 29.6 Å². The first-order chi connectivity index (χ1) is 6.61. The number of halogens is 1. The van der Waals surface area contributed by atoms with Crippen LogP contribution in [0.3, 0.4) is 0 Å². The van der Waals surface area contributed by atoms with E-state index in [0.717, 1.165) is 5.56 Å². The van der Waals surface area contributed by atoms with Gasteiger partial charge in [0.1, 0.15) is 0 Å². The molecular weight excluding hydrogens is 227 g/mol. The summed E-state index contributed by atoms with van der Waals surface area (Å²) in [6.45, 7) is 1.45. The second-order valence-electron chi connectivity index (χ2n) is 2.84. The van der Waals surface area contributed by atoms with Gasteiger partial charge in [0, 0.05) is 0 Å². The van der Waals surface area contributed by atoms with Gasteiger partial charge in [-0.3, -0.25) is 0 Å². The predicted molar refractivity (Wildman–Crippen MR) is 60.4 cm³/mol. The number of alkyl halides is 1. The zero-order chi connectivity index (χ0) is 10.6. The van der Waals surface area contributed by atoms with Gasteiger partial charge >= 0.3 is 35.5 Å². The Morgan fingerprint density at radius 2 is 1.93 bits per heavy atom. The summed E-state index contributed by atoms with van der Waals surface area (Å²) in [5, 5.41) is 8.59. The minimum atomic E-state index is -1.02. The predicted octanol–water partition coefficient (Wildman–Crippen LogP) is 1.77. The third-order valence-corrected chi connectivity index (χ3v) is 2.09. The fraction of sp³-hybridized carbons (Fsp3) is 0.300. The molecule has 3 nitrogen and oxygen atoms in total. The van der Waals surface area contributed by atoms with Crippen LogP contribution in [0.15, 0.2) is 30.3 Å². The van der Waals surface area contributed by atoms with Crippen LogP contribution in [0.25, 0.3) is 0 Å². The van der Waals surface area contributed by atoms with Crippen molar-refractivity contribution in [3.05, 3.63) is 35.9 Å². The average molecular weight is 239 g/mol. The Morgan fingerprint density at radius 3 is 2.40 bits per heavy atom. The van der Waals surface area contributed by atoms with Crippen LogP contribution in [0.4, 0.5) is 0 Å². The van der Waals surface area contributed by atoms with E-state index in [9.17, 15) is 4.79 Å². The van der Waals surface area contributed by atoms with Gasteiger partial charge in [0.05, 0.1) is 0 Å². The number of hydrogen-bond acceptors (Lipinski definition) is 2. The Bertz CT molecular complexity index is 305. The zero-order valence-corrected chi connectivity index (χ0v) is 8.44. The summed E-state index contributed by atoms with van der Waals surface area (Å²) in [5.74, 6) is -1.02. The Balaban J connectivity index is 0.00000196. The summed E-state index contributed by atoms with van der Waals surface area (Å²) in [6, 6.07) is 9.06. The van der Waals surface area contributed by atoms with E-state index in [1.54, 1.807) is 12.1 Å².